The predicted molar refractivity (Wildman–Crippen MR) is 94.0 cm³/mol. The summed E-state index contributed by atoms with van der Waals surface area (Å²) in [7, 11) is 0. The van der Waals surface area contributed by atoms with Gasteiger partial charge in [0.15, 0.2) is 17.5 Å². The largest absolute Gasteiger partial charge is 0.432 e. The lowest BCUT2D eigenvalue weighted by Crippen LogP contribution is -2.27. The Kier molecular flexibility index (Phi) is 6.47. The Hall–Kier alpha value is -2.78. The Morgan fingerprint density at radius 2 is 1.32 bits per heavy atom. The molecule has 3 nitrogen and oxygen atoms in total. The molecule has 0 radical (unpaired) electrons. The van der Waals surface area contributed by atoms with Crippen LogP contribution in [0.25, 0.3) is 0 Å². The van der Waals surface area contributed by atoms with Crippen molar-refractivity contribution in [2.45, 2.75) is 38.7 Å². The van der Waals surface area contributed by atoms with Gasteiger partial charge in [-0.1, -0.05) is 6.92 Å². The van der Waals surface area contributed by atoms with Crippen LogP contribution in [0.1, 0.15) is 38.2 Å². The molecule has 2 aromatic carbocycles. The summed E-state index contributed by atoms with van der Waals surface area (Å²) in [5, 5.41) is 0. The second-order valence-corrected chi connectivity index (χ2v) is 7.46. The van der Waals surface area contributed by atoms with Gasteiger partial charge in [-0.2, -0.15) is 8.78 Å². The minimum Gasteiger partial charge on any atom is -0.429 e. The fraction of sp³-hybridized carbons (Fsp3) is 0.381. The third kappa shape index (κ3) is 5.11. The maximum absolute atomic E-state index is 14.3. The Bertz CT molecular complexity index is 939. The Balaban J connectivity index is 1.80. The Morgan fingerprint density at radius 3 is 1.84 bits per heavy atom. The highest BCUT2D eigenvalue weighted by atomic mass is 19.3. The maximum atomic E-state index is 14.3. The molecular weight excluding hydrogens is 433 g/mol. The topological polar surface area (TPSA) is 35.5 Å². The van der Waals surface area contributed by atoms with E-state index in [1.165, 1.54) is 0 Å². The average Bonchev–Trinajstić information content (AvgIpc) is 2.65. The first-order valence-electron chi connectivity index (χ1n) is 9.40. The summed E-state index contributed by atoms with van der Waals surface area (Å²) in [4.78, 5) is 12.2. The third-order valence-electron chi connectivity index (χ3n) is 5.08. The highest BCUT2D eigenvalue weighted by molar-refractivity contribution is 5.75. The number of rotatable bonds is 5. The quantitative estimate of drug-likeness (QED) is 0.234. The summed E-state index contributed by atoms with van der Waals surface area (Å²) in [6, 6.07) is 0.961. The molecule has 0 N–H and O–H groups in total. The average molecular weight is 450 g/mol. The van der Waals surface area contributed by atoms with Gasteiger partial charge in [-0.05, 0) is 31.6 Å². The van der Waals surface area contributed by atoms with Crippen molar-refractivity contribution in [1.82, 2.24) is 0 Å². The van der Waals surface area contributed by atoms with Crippen LogP contribution >= 0.6 is 0 Å². The first kappa shape index (κ1) is 22.9. The minimum absolute atomic E-state index is 0.101. The van der Waals surface area contributed by atoms with Crippen LogP contribution in [0.2, 0.25) is 0 Å². The molecule has 10 heteroatoms. The van der Waals surface area contributed by atoms with Crippen LogP contribution in [0, 0.1) is 40.9 Å². The van der Waals surface area contributed by atoms with Crippen molar-refractivity contribution in [1.29, 1.82) is 0 Å². The van der Waals surface area contributed by atoms with Gasteiger partial charge in [-0.25, -0.2) is 22.0 Å². The molecule has 0 saturated heterocycles. The fourth-order valence-electron chi connectivity index (χ4n) is 3.37. The standard InChI is InChI=1S/C21H17F7O3/c1-10-2-4-11(5-3-10)20(29)30-12-6-14(22)18(15(23)7-12)21(27,28)31-13-8-16(24)19(26)17(25)9-13/h6-11H,2-5H2,1H3. The summed E-state index contributed by atoms with van der Waals surface area (Å²) in [6.07, 6.45) is -2.06. The number of hydrogen-bond donors (Lipinski definition) is 0. The van der Waals surface area contributed by atoms with Crippen molar-refractivity contribution < 1.29 is 45.0 Å². The SMILES string of the molecule is CC1CCC(C(=O)Oc2cc(F)c(C(F)(F)Oc3cc(F)c(F)c(F)c3)c(F)c2)CC1. The third-order valence-corrected chi connectivity index (χ3v) is 5.08. The molecule has 168 valence electrons. The van der Waals surface area contributed by atoms with Crippen LogP contribution < -0.4 is 9.47 Å². The van der Waals surface area contributed by atoms with E-state index in [1.54, 1.807) is 0 Å². The van der Waals surface area contributed by atoms with Gasteiger partial charge in [-0.15, -0.1) is 0 Å². The lowest BCUT2D eigenvalue weighted by atomic mass is 9.83. The molecule has 1 aliphatic carbocycles. The van der Waals surface area contributed by atoms with Gasteiger partial charge in [0.25, 0.3) is 0 Å². The van der Waals surface area contributed by atoms with Crippen molar-refractivity contribution in [2.75, 3.05) is 0 Å². The smallest absolute Gasteiger partial charge is 0.429 e. The van der Waals surface area contributed by atoms with Gasteiger partial charge in [0.1, 0.15) is 28.7 Å². The summed E-state index contributed by atoms with van der Waals surface area (Å²) in [5.74, 6) is -11.7. The highest BCUT2D eigenvalue weighted by Gasteiger charge is 2.42. The van der Waals surface area contributed by atoms with Gasteiger partial charge < -0.3 is 9.47 Å². The van der Waals surface area contributed by atoms with E-state index in [2.05, 4.69) is 4.74 Å². The number of benzene rings is 2. The lowest BCUT2D eigenvalue weighted by Gasteiger charge is -2.24. The molecule has 2 aromatic rings. The normalized spacial score (nSPS) is 19.2. The summed E-state index contributed by atoms with van der Waals surface area (Å²) in [6.45, 7) is 2.03. The van der Waals surface area contributed by atoms with E-state index >= 15 is 0 Å². The van der Waals surface area contributed by atoms with Crippen LogP contribution in [0.5, 0.6) is 11.5 Å². The summed E-state index contributed by atoms with van der Waals surface area (Å²) in [5.41, 5.74) is -1.87. The van der Waals surface area contributed by atoms with E-state index in [0.29, 0.717) is 30.9 Å². The molecule has 0 bridgehead atoms. The van der Waals surface area contributed by atoms with Gasteiger partial charge >= 0.3 is 12.1 Å². The Morgan fingerprint density at radius 1 is 0.839 bits per heavy atom. The van der Waals surface area contributed by atoms with Crippen molar-refractivity contribution in [3.8, 4) is 11.5 Å². The number of esters is 1. The first-order chi connectivity index (χ1) is 14.5. The summed E-state index contributed by atoms with van der Waals surface area (Å²) < 4.78 is 105. The van der Waals surface area contributed by atoms with Crippen LogP contribution in [-0.4, -0.2) is 5.97 Å². The molecule has 0 aromatic heterocycles. The number of hydrogen-bond acceptors (Lipinski definition) is 3. The van der Waals surface area contributed by atoms with Crippen LogP contribution in [0.4, 0.5) is 30.7 Å². The molecule has 0 unspecified atom stereocenters. The zero-order valence-corrected chi connectivity index (χ0v) is 16.2. The van der Waals surface area contributed by atoms with E-state index in [0.717, 1.165) is 12.8 Å². The van der Waals surface area contributed by atoms with E-state index in [9.17, 15) is 35.5 Å². The molecule has 0 heterocycles. The number of halogens is 7. The van der Waals surface area contributed by atoms with E-state index in [4.69, 9.17) is 4.74 Å². The highest BCUT2D eigenvalue weighted by Crippen LogP contribution is 2.37. The van der Waals surface area contributed by atoms with Crippen molar-refractivity contribution in [3.63, 3.8) is 0 Å². The lowest BCUT2D eigenvalue weighted by molar-refractivity contribution is -0.189. The molecule has 0 spiro atoms. The van der Waals surface area contributed by atoms with Crippen molar-refractivity contribution in [3.05, 3.63) is 58.9 Å². The fourth-order valence-corrected chi connectivity index (χ4v) is 3.37. The van der Waals surface area contributed by atoms with Crippen LogP contribution in [0.15, 0.2) is 24.3 Å². The van der Waals surface area contributed by atoms with Crippen LogP contribution in [-0.2, 0) is 10.9 Å². The second-order valence-electron chi connectivity index (χ2n) is 7.46. The molecule has 0 aliphatic heterocycles. The van der Waals surface area contributed by atoms with E-state index < -0.39 is 64.1 Å². The predicted octanol–water partition coefficient (Wildman–Crippen LogP) is 6.24. The molecule has 3 rings (SSSR count). The zero-order chi connectivity index (χ0) is 22.9. The van der Waals surface area contributed by atoms with E-state index in [1.807, 2.05) is 6.92 Å². The second kappa shape index (κ2) is 8.76. The minimum atomic E-state index is -4.72. The molecule has 1 aliphatic rings. The van der Waals surface area contributed by atoms with Gasteiger partial charge in [0.05, 0.1) is 5.92 Å². The molecule has 1 saturated carbocycles. The van der Waals surface area contributed by atoms with Gasteiger partial charge in [-0.3, -0.25) is 4.79 Å². The van der Waals surface area contributed by atoms with E-state index in [-0.39, 0.29) is 12.1 Å². The van der Waals surface area contributed by atoms with Gasteiger partial charge in [0, 0.05) is 24.3 Å². The molecule has 0 amide bonds. The van der Waals surface area contributed by atoms with Crippen molar-refractivity contribution >= 4 is 5.97 Å². The van der Waals surface area contributed by atoms with Crippen molar-refractivity contribution in [2.24, 2.45) is 11.8 Å². The summed E-state index contributed by atoms with van der Waals surface area (Å²) >= 11 is 0. The monoisotopic (exact) mass is 450 g/mol. The number of carbonyl (C=O) groups excluding carboxylic acids is 1. The number of carbonyl (C=O) groups is 1. The molecule has 0 atom stereocenters. The molecule has 1 fully saturated rings. The Labute approximate surface area is 172 Å². The zero-order valence-electron chi connectivity index (χ0n) is 16.2. The molecule has 31 heavy (non-hydrogen) atoms. The van der Waals surface area contributed by atoms with Crippen LogP contribution in [0.3, 0.4) is 0 Å². The molecular formula is C21H17F7O3. The van der Waals surface area contributed by atoms with Gasteiger partial charge in [0.2, 0.25) is 0 Å². The maximum Gasteiger partial charge on any atom is 0.432 e. The number of alkyl halides is 2. The number of ether oxygens (including phenoxy) is 2. The first-order valence-corrected chi connectivity index (χ1v) is 9.40.